The van der Waals surface area contributed by atoms with Crippen LogP contribution < -0.4 is 15.5 Å². The predicted molar refractivity (Wildman–Crippen MR) is 107 cm³/mol. The van der Waals surface area contributed by atoms with Crippen LogP contribution in [0.4, 0.5) is 15.6 Å². The number of nitrogens with one attached hydrogen (secondary N) is 2. The van der Waals surface area contributed by atoms with Gasteiger partial charge >= 0.3 is 6.03 Å². The van der Waals surface area contributed by atoms with Crippen molar-refractivity contribution in [2.75, 3.05) is 23.3 Å². The van der Waals surface area contributed by atoms with Crippen LogP contribution in [0.15, 0.2) is 35.0 Å². The highest BCUT2D eigenvalue weighted by Crippen LogP contribution is 2.24. The first-order valence-electron chi connectivity index (χ1n) is 8.41. The SMILES string of the molecule is Cc1nc(-c2ccc(NC(=O)Cc3csc(N4CCNC4=O)n3)cc2)cs1. The Labute approximate surface area is 164 Å². The smallest absolute Gasteiger partial charge is 0.323 e. The number of anilines is 2. The number of carbonyl (C=O) groups excluding carboxylic acids is 2. The third-order valence-electron chi connectivity index (χ3n) is 4.05. The van der Waals surface area contributed by atoms with Crippen LogP contribution >= 0.6 is 22.7 Å². The normalized spacial score (nSPS) is 13.7. The lowest BCUT2D eigenvalue weighted by Gasteiger charge is -2.08. The van der Waals surface area contributed by atoms with E-state index >= 15 is 0 Å². The molecule has 1 fully saturated rings. The van der Waals surface area contributed by atoms with Crippen LogP contribution in [-0.2, 0) is 11.2 Å². The van der Waals surface area contributed by atoms with E-state index in [1.807, 2.05) is 41.9 Å². The summed E-state index contributed by atoms with van der Waals surface area (Å²) < 4.78 is 0. The fraction of sp³-hybridized carbons (Fsp3) is 0.222. The number of carbonyl (C=O) groups is 2. The molecule has 7 nitrogen and oxygen atoms in total. The lowest BCUT2D eigenvalue weighted by atomic mass is 10.1. The molecule has 1 saturated heterocycles. The molecule has 0 unspecified atom stereocenters. The van der Waals surface area contributed by atoms with Crippen molar-refractivity contribution in [2.24, 2.45) is 0 Å². The van der Waals surface area contributed by atoms with Crippen molar-refractivity contribution >= 4 is 45.4 Å². The second-order valence-corrected chi connectivity index (χ2v) is 7.96. The Balaban J connectivity index is 1.37. The van der Waals surface area contributed by atoms with Crippen molar-refractivity contribution in [1.82, 2.24) is 15.3 Å². The van der Waals surface area contributed by atoms with Crippen LogP contribution in [0.1, 0.15) is 10.7 Å². The van der Waals surface area contributed by atoms with Crippen LogP contribution in [0.5, 0.6) is 0 Å². The van der Waals surface area contributed by atoms with Gasteiger partial charge in [0.1, 0.15) is 0 Å². The number of benzene rings is 1. The van der Waals surface area contributed by atoms with Crippen molar-refractivity contribution < 1.29 is 9.59 Å². The highest BCUT2D eigenvalue weighted by Gasteiger charge is 2.24. The molecule has 0 bridgehead atoms. The minimum absolute atomic E-state index is 0.143. The van der Waals surface area contributed by atoms with Gasteiger partial charge in [0, 0.05) is 35.1 Å². The Bertz CT molecular complexity index is 980. The summed E-state index contributed by atoms with van der Waals surface area (Å²) >= 11 is 2.98. The molecule has 4 rings (SSSR count). The summed E-state index contributed by atoms with van der Waals surface area (Å²) in [6.07, 6.45) is 0.166. The standard InChI is InChI=1S/C18H17N5O2S2/c1-11-20-15(10-26-11)12-2-4-13(5-3-12)21-16(24)8-14-9-27-18(22-14)23-7-6-19-17(23)25/h2-5,9-10H,6-8H2,1H3,(H,19,25)(H,21,24). The Morgan fingerprint density at radius 3 is 2.70 bits per heavy atom. The molecule has 2 aromatic heterocycles. The Hall–Kier alpha value is -2.78. The summed E-state index contributed by atoms with van der Waals surface area (Å²) in [6.45, 7) is 3.19. The second kappa shape index (κ2) is 7.45. The fourth-order valence-corrected chi connectivity index (χ4v) is 4.22. The topological polar surface area (TPSA) is 87.2 Å². The zero-order valence-corrected chi connectivity index (χ0v) is 16.2. The lowest BCUT2D eigenvalue weighted by molar-refractivity contribution is -0.115. The maximum Gasteiger partial charge on any atom is 0.323 e. The molecule has 0 atom stereocenters. The van der Waals surface area contributed by atoms with Crippen molar-refractivity contribution in [3.8, 4) is 11.3 Å². The lowest BCUT2D eigenvalue weighted by Crippen LogP contribution is -2.27. The summed E-state index contributed by atoms with van der Waals surface area (Å²) in [6, 6.07) is 7.47. The molecule has 0 radical (unpaired) electrons. The van der Waals surface area contributed by atoms with Gasteiger partial charge in [0.05, 0.1) is 22.8 Å². The number of urea groups is 1. The maximum atomic E-state index is 12.3. The van der Waals surface area contributed by atoms with E-state index in [4.69, 9.17) is 0 Å². The molecule has 3 aromatic rings. The molecule has 3 heterocycles. The molecule has 138 valence electrons. The molecule has 27 heavy (non-hydrogen) atoms. The Kier molecular flexibility index (Phi) is 4.87. The van der Waals surface area contributed by atoms with E-state index in [1.165, 1.54) is 11.3 Å². The number of nitrogens with zero attached hydrogens (tertiary/aromatic N) is 3. The van der Waals surface area contributed by atoms with E-state index in [1.54, 1.807) is 16.2 Å². The first-order valence-corrected chi connectivity index (χ1v) is 10.2. The average Bonchev–Trinajstić information content (AvgIpc) is 3.37. The van der Waals surface area contributed by atoms with Gasteiger partial charge < -0.3 is 10.6 Å². The predicted octanol–water partition coefficient (Wildman–Crippen LogP) is 3.29. The van der Waals surface area contributed by atoms with Gasteiger partial charge in [-0.25, -0.2) is 14.8 Å². The number of rotatable bonds is 5. The summed E-state index contributed by atoms with van der Waals surface area (Å²) in [4.78, 5) is 34.4. The minimum atomic E-state index is -0.144. The molecule has 0 aliphatic carbocycles. The summed E-state index contributed by atoms with van der Waals surface area (Å²) in [5.41, 5.74) is 3.34. The van der Waals surface area contributed by atoms with E-state index in [0.717, 1.165) is 22.0 Å². The summed E-state index contributed by atoms with van der Waals surface area (Å²) in [5.74, 6) is -0.144. The maximum absolute atomic E-state index is 12.3. The molecule has 1 aliphatic rings. The fourth-order valence-electron chi connectivity index (χ4n) is 2.75. The zero-order chi connectivity index (χ0) is 18.8. The van der Waals surface area contributed by atoms with Gasteiger partial charge in [0.2, 0.25) is 5.91 Å². The zero-order valence-electron chi connectivity index (χ0n) is 14.6. The van der Waals surface area contributed by atoms with E-state index < -0.39 is 0 Å². The van der Waals surface area contributed by atoms with Gasteiger partial charge in [-0.1, -0.05) is 12.1 Å². The second-order valence-electron chi connectivity index (χ2n) is 6.06. The highest BCUT2D eigenvalue weighted by atomic mass is 32.1. The third-order valence-corrected chi connectivity index (χ3v) is 5.74. The van der Waals surface area contributed by atoms with Crippen molar-refractivity contribution in [2.45, 2.75) is 13.3 Å². The molecule has 2 N–H and O–H groups in total. The van der Waals surface area contributed by atoms with Gasteiger partial charge in [0.25, 0.3) is 0 Å². The van der Waals surface area contributed by atoms with E-state index in [9.17, 15) is 9.59 Å². The number of aryl methyl sites for hydroxylation is 1. The summed E-state index contributed by atoms with van der Waals surface area (Å²) in [7, 11) is 0. The van der Waals surface area contributed by atoms with Gasteiger partial charge in [-0.2, -0.15) is 0 Å². The highest BCUT2D eigenvalue weighted by molar-refractivity contribution is 7.14. The van der Waals surface area contributed by atoms with Crippen molar-refractivity contribution in [3.63, 3.8) is 0 Å². The van der Waals surface area contributed by atoms with Crippen LogP contribution in [0.3, 0.4) is 0 Å². The van der Waals surface area contributed by atoms with Gasteiger partial charge in [-0.15, -0.1) is 22.7 Å². The molecule has 0 spiro atoms. The Morgan fingerprint density at radius 2 is 2.04 bits per heavy atom. The Morgan fingerprint density at radius 1 is 1.22 bits per heavy atom. The number of hydrogen-bond donors (Lipinski definition) is 2. The number of amides is 3. The van der Waals surface area contributed by atoms with Crippen molar-refractivity contribution in [1.29, 1.82) is 0 Å². The van der Waals surface area contributed by atoms with E-state index in [-0.39, 0.29) is 18.4 Å². The van der Waals surface area contributed by atoms with Gasteiger partial charge in [-0.05, 0) is 19.1 Å². The first kappa shape index (κ1) is 17.6. The summed E-state index contributed by atoms with van der Waals surface area (Å²) in [5, 5.41) is 11.1. The molecule has 9 heteroatoms. The van der Waals surface area contributed by atoms with Crippen LogP contribution in [0.25, 0.3) is 11.3 Å². The first-order chi connectivity index (χ1) is 13.1. The van der Waals surface area contributed by atoms with E-state index in [2.05, 4.69) is 20.6 Å². The average molecular weight is 400 g/mol. The molecule has 1 aliphatic heterocycles. The number of hydrogen-bond acceptors (Lipinski definition) is 6. The van der Waals surface area contributed by atoms with Crippen molar-refractivity contribution in [3.05, 3.63) is 45.7 Å². The van der Waals surface area contributed by atoms with Crippen LogP contribution in [0, 0.1) is 6.92 Å². The third kappa shape index (κ3) is 3.99. The molecule has 3 amide bonds. The molecular weight excluding hydrogens is 382 g/mol. The largest absolute Gasteiger partial charge is 0.336 e. The number of thiazole rings is 2. The van der Waals surface area contributed by atoms with Gasteiger partial charge in [0.15, 0.2) is 5.13 Å². The van der Waals surface area contributed by atoms with Gasteiger partial charge in [-0.3, -0.25) is 9.69 Å². The minimum Gasteiger partial charge on any atom is -0.336 e. The molecular formula is C18H17N5O2S2. The van der Waals surface area contributed by atoms with Crippen LogP contribution in [-0.4, -0.2) is 35.0 Å². The molecule has 0 saturated carbocycles. The monoisotopic (exact) mass is 399 g/mol. The van der Waals surface area contributed by atoms with E-state index in [0.29, 0.717) is 23.9 Å². The quantitative estimate of drug-likeness (QED) is 0.689. The number of aromatic nitrogens is 2. The molecule has 1 aromatic carbocycles. The van der Waals surface area contributed by atoms with Crippen LogP contribution in [0.2, 0.25) is 0 Å².